The molecule has 1 aliphatic carbocycles. The molecular formula is C25H33N3O2. The average Bonchev–Trinajstić information content (AvgIpc) is 3.23. The zero-order valence-corrected chi connectivity index (χ0v) is 18.0. The summed E-state index contributed by atoms with van der Waals surface area (Å²) in [5, 5.41) is 0. The number of aromatic nitrogens is 1. The van der Waals surface area contributed by atoms with E-state index in [2.05, 4.69) is 26.9 Å². The van der Waals surface area contributed by atoms with Crippen LogP contribution in [-0.4, -0.2) is 60.0 Å². The first kappa shape index (κ1) is 20.9. The number of hydrogen-bond acceptors (Lipinski definition) is 4. The van der Waals surface area contributed by atoms with Gasteiger partial charge in [-0.15, -0.1) is 0 Å². The standard InChI is InChI=1S/C25H33N3O2/c1-30-24-11-9-20(10-12-24)17-25(29)28-15-14-27(23-7-2-3-8-23)18-21(19-28)16-22-6-4-5-13-26-22/h4-6,9-13,21,23H,2-3,7-8,14-19H2,1H3. The maximum Gasteiger partial charge on any atom is 0.227 e. The second-order valence-electron chi connectivity index (χ2n) is 8.69. The van der Waals surface area contributed by atoms with Crippen LogP contribution in [0.25, 0.3) is 0 Å². The molecule has 1 aliphatic heterocycles. The van der Waals surface area contributed by atoms with Crippen molar-refractivity contribution in [2.45, 2.75) is 44.6 Å². The van der Waals surface area contributed by atoms with E-state index in [0.717, 1.165) is 49.6 Å². The molecule has 1 unspecified atom stereocenters. The molecule has 1 saturated carbocycles. The normalized spacial score (nSPS) is 20.8. The summed E-state index contributed by atoms with van der Waals surface area (Å²) >= 11 is 0. The summed E-state index contributed by atoms with van der Waals surface area (Å²) in [6, 6.07) is 14.6. The molecule has 1 amide bonds. The highest BCUT2D eigenvalue weighted by atomic mass is 16.5. The molecule has 2 fully saturated rings. The Kier molecular flexibility index (Phi) is 7.00. The van der Waals surface area contributed by atoms with E-state index < -0.39 is 0 Å². The number of benzene rings is 1. The van der Waals surface area contributed by atoms with Crippen molar-refractivity contribution in [2.24, 2.45) is 5.92 Å². The van der Waals surface area contributed by atoms with Crippen LogP contribution in [0.2, 0.25) is 0 Å². The second-order valence-corrected chi connectivity index (χ2v) is 8.69. The van der Waals surface area contributed by atoms with Crippen LogP contribution in [0.1, 0.15) is 36.9 Å². The first-order valence-corrected chi connectivity index (χ1v) is 11.3. The summed E-state index contributed by atoms with van der Waals surface area (Å²) in [4.78, 5) is 22.5. The molecule has 5 heteroatoms. The van der Waals surface area contributed by atoms with Gasteiger partial charge in [0.1, 0.15) is 5.75 Å². The van der Waals surface area contributed by atoms with Crippen LogP contribution in [0.15, 0.2) is 48.7 Å². The molecule has 1 saturated heterocycles. The molecule has 2 heterocycles. The van der Waals surface area contributed by atoms with Crippen LogP contribution in [0.4, 0.5) is 0 Å². The number of nitrogens with zero attached hydrogens (tertiary/aromatic N) is 3. The first-order valence-electron chi connectivity index (χ1n) is 11.3. The molecule has 5 nitrogen and oxygen atoms in total. The first-order chi connectivity index (χ1) is 14.7. The van der Waals surface area contributed by atoms with Gasteiger partial charge in [-0.2, -0.15) is 0 Å². The average molecular weight is 408 g/mol. The van der Waals surface area contributed by atoms with Crippen molar-refractivity contribution >= 4 is 5.91 Å². The van der Waals surface area contributed by atoms with Crippen LogP contribution < -0.4 is 4.74 Å². The monoisotopic (exact) mass is 407 g/mol. The molecule has 160 valence electrons. The zero-order chi connectivity index (χ0) is 20.8. The van der Waals surface area contributed by atoms with Gasteiger partial charge in [-0.1, -0.05) is 31.0 Å². The molecule has 2 aliphatic rings. The van der Waals surface area contributed by atoms with Gasteiger partial charge in [-0.25, -0.2) is 0 Å². The van der Waals surface area contributed by atoms with E-state index in [1.54, 1.807) is 7.11 Å². The summed E-state index contributed by atoms with van der Waals surface area (Å²) in [7, 11) is 1.66. The second kappa shape index (κ2) is 10.1. The third kappa shape index (κ3) is 5.39. The predicted octanol–water partition coefficient (Wildman–Crippen LogP) is 3.58. The number of pyridine rings is 1. The lowest BCUT2D eigenvalue weighted by molar-refractivity contribution is -0.130. The van der Waals surface area contributed by atoms with E-state index in [4.69, 9.17) is 4.74 Å². The van der Waals surface area contributed by atoms with E-state index in [0.29, 0.717) is 18.4 Å². The van der Waals surface area contributed by atoms with Crippen molar-refractivity contribution in [1.82, 2.24) is 14.8 Å². The Labute approximate surface area is 180 Å². The molecule has 0 bridgehead atoms. The van der Waals surface area contributed by atoms with Crippen molar-refractivity contribution in [3.8, 4) is 5.75 Å². The molecule has 0 spiro atoms. The van der Waals surface area contributed by atoms with Crippen LogP contribution in [-0.2, 0) is 17.6 Å². The lowest BCUT2D eigenvalue weighted by Gasteiger charge is -2.29. The SMILES string of the molecule is COc1ccc(CC(=O)N2CCN(C3CCCC3)CC(Cc3ccccn3)C2)cc1. The quantitative estimate of drug-likeness (QED) is 0.734. The maximum atomic E-state index is 13.2. The van der Waals surface area contributed by atoms with E-state index in [1.165, 1.54) is 25.7 Å². The number of methoxy groups -OCH3 is 1. The van der Waals surface area contributed by atoms with Gasteiger partial charge >= 0.3 is 0 Å². The fourth-order valence-electron chi connectivity index (χ4n) is 4.93. The molecule has 1 aromatic carbocycles. The molecule has 30 heavy (non-hydrogen) atoms. The van der Waals surface area contributed by atoms with Gasteiger partial charge in [0.25, 0.3) is 0 Å². The van der Waals surface area contributed by atoms with Gasteiger partial charge in [-0.3, -0.25) is 14.7 Å². The largest absolute Gasteiger partial charge is 0.497 e. The van der Waals surface area contributed by atoms with Gasteiger partial charge in [0.15, 0.2) is 0 Å². The van der Waals surface area contributed by atoms with E-state index in [9.17, 15) is 4.79 Å². The smallest absolute Gasteiger partial charge is 0.227 e. The molecule has 0 N–H and O–H groups in total. The lowest BCUT2D eigenvalue weighted by atomic mass is 10.0. The minimum atomic E-state index is 0.222. The summed E-state index contributed by atoms with van der Waals surface area (Å²) in [6.07, 6.45) is 8.53. The minimum Gasteiger partial charge on any atom is -0.497 e. The van der Waals surface area contributed by atoms with Crippen molar-refractivity contribution in [3.05, 3.63) is 59.9 Å². The Balaban J connectivity index is 1.45. The molecule has 1 atom stereocenters. The Morgan fingerprint density at radius 1 is 1.07 bits per heavy atom. The Morgan fingerprint density at radius 3 is 2.57 bits per heavy atom. The zero-order valence-electron chi connectivity index (χ0n) is 18.0. The molecular weight excluding hydrogens is 374 g/mol. The van der Waals surface area contributed by atoms with E-state index >= 15 is 0 Å². The van der Waals surface area contributed by atoms with Crippen molar-refractivity contribution in [3.63, 3.8) is 0 Å². The number of carbonyl (C=O) groups is 1. The van der Waals surface area contributed by atoms with Gasteiger partial charge in [0, 0.05) is 44.1 Å². The topological polar surface area (TPSA) is 45.7 Å². The Hall–Kier alpha value is -2.40. The number of ether oxygens (including phenoxy) is 1. The maximum absolute atomic E-state index is 13.2. The Bertz CT molecular complexity index is 803. The third-order valence-electron chi connectivity index (χ3n) is 6.56. The van der Waals surface area contributed by atoms with Crippen molar-refractivity contribution in [1.29, 1.82) is 0 Å². The van der Waals surface area contributed by atoms with Crippen LogP contribution in [0.3, 0.4) is 0 Å². The van der Waals surface area contributed by atoms with Gasteiger partial charge in [0.2, 0.25) is 5.91 Å². The number of rotatable bonds is 6. The summed E-state index contributed by atoms with van der Waals surface area (Å²) in [6.45, 7) is 3.68. The third-order valence-corrected chi connectivity index (χ3v) is 6.56. The van der Waals surface area contributed by atoms with E-state index in [-0.39, 0.29) is 5.91 Å². The van der Waals surface area contributed by atoms with Crippen LogP contribution in [0, 0.1) is 5.92 Å². The fourth-order valence-corrected chi connectivity index (χ4v) is 4.93. The van der Waals surface area contributed by atoms with Crippen LogP contribution in [0.5, 0.6) is 5.75 Å². The number of hydrogen-bond donors (Lipinski definition) is 0. The van der Waals surface area contributed by atoms with Crippen molar-refractivity contribution < 1.29 is 9.53 Å². The fraction of sp³-hybridized carbons (Fsp3) is 0.520. The summed E-state index contributed by atoms with van der Waals surface area (Å²) in [5.74, 6) is 1.46. The van der Waals surface area contributed by atoms with Crippen molar-refractivity contribution in [2.75, 3.05) is 33.3 Å². The summed E-state index contributed by atoms with van der Waals surface area (Å²) < 4.78 is 5.23. The Morgan fingerprint density at radius 2 is 1.87 bits per heavy atom. The minimum absolute atomic E-state index is 0.222. The van der Waals surface area contributed by atoms with Gasteiger partial charge in [0.05, 0.1) is 13.5 Å². The number of carbonyl (C=O) groups excluding carboxylic acids is 1. The highest BCUT2D eigenvalue weighted by Crippen LogP contribution is 2.26. The van der Waals surface area contributed by atoms with Gasteiger partial charge < -0.3 is 9.64 Å². The lowest BCUT2D eigenvalue weighted by Crippen LogP contribution is -2.39. The van der Waals surface area contributed by atoms with Gasteiger partial charge in [-0.05, 0) is 55.0 Å². The molecule has 4 rings (SSSR count). The number of amides is 1. The van der Waals surface area contributed by atoms with Crippen LogP contribution >= 0.6 is 0 Å². The summed E-state index contributed by atoms with van der Waals surface area (Å²) in [5.41, 5.74) is 2.16. The highest BCUT2D eigenvalue weighted by Gasteiger charge is 2.30. The molecule has 2 aromatic rings. The molecule has 1 aromatic heterocycles. The molecule has 0 radical (unpaired) electrons. The predicted molar refractivity (Wildman–Crippen MR) is 119 cm³/mol. The van der Waals surface area contributed by atoms with E-state index in [1.807, 2.05) is 36.5 Å². The highest BCUT2D eigenvalue weighted by molar-refractivity contribution is 5.78.